The maximum Gasteiger partial charge on any atom is 0.251 e. The van der Waals surface area contributed by atoms with Crippen LogP contribution >= 0.6 is 0 Å². The number of aryl methyl sites for hydroxylation is 1. The van der Waals surface area contributed by atoms with Crippen LogP contribution in [0, 0.1) is 6.92 Å². The van der Waals surface area contributed by atoms with Crippen molar-refractivity contribution in [2.24, 2.45) is 0 Å². The first kappa shape index (κ1) is 21.6. The van der Waals surface area contributed by atoms with Gasteiger partial charge in [-0.15, -0.1) is 0 Å². The average molecular weight is 440 g/mol. The molecular formula is C28H29N3O2. The fraction of sp³-hybridized carbons (Fsp3) is 0.286. The second-order valence-corrected chi connectivity index (χ2v) is 8.92. The lowest BCUT2D eigenvalue weighted by Crippen LogP contribution is -2.53. The standard InChI is InChI=1S/C28H29N3O2/c1-21-12-14-24(15-13-21)31-26(32)20-25(28(31)33)29-16-18-30(19-17-29)27(22-8-4-2-5-9-22)23-10-6-3-7-11-23/h2-15,25,27H,16-20H2,1H3/t25-/m0/s1. The SMILES string of the molecule is Cc1ccc(N2C(=O)C[C@H](N3CCN(C(c4ccccc4)c4ccccc4)CC3)C2=O)cc1. The van der Waals surface area contributed by atoms with Crippen molar-refractivity contribution >= 4 is 17.5 Å². The van der Waals surface area contributed by atoms with Crippen molar-refractivity contribution in [1.29, 1.82) is 0 Å². The number of rotatable bonds is 5. The summed E-state index contributed by atoms with van der Waals surface area (Å²) in [5.41, 5.74) is 4.33. The maximum absolute atomic E-state index is 13.2. The Balaban J connectivity index is 1.31. The Labute approximate surface area is 195 Å². The smallest absolute Gasteiger partial charge is 0.251 e. The molecule has 0 N–H and O–H groups in total. The fourth-order valence-electron chi connectivity index (χ4n) is 5.06. The van der Waals surface area contributed by atoms with Gasteiger partial charge < -0.3 is 0 Å². The van der Waals surface area contributed by atoms with E-state index in [0.717, 1.165) is 31.7 Å². The van der Waals surface area contributed by atoms with Gasteiger partial charge in [-0.1, -0.05) is 78.4 Å². The third kappa shape index (κ3) is 4.34. The molecule has 0 bridgehead atoms. The van der Waals surface area contributed by atoms with Crippen molar-refractivity contribution in [1.82, 2.24) is 9.80 Å². The van der Waals surface area contributed by atoms with E-state index in [1.807, 2.05) is 43.3 Å². The molecule has 1 atom stereocenters. The van der Waals surface area contributed by atoms with Gasteiger partial charge in [0.1, 0.15) is 0 Å². The number of piperazine rings is 1. The Kier molecular flexibility index (Phi) is 6.07. The van der Waals surface area contributed by atoms with Gasteiger partial charge in [0.2, 0.25) is 5.91 Å². The number of anilines is 1. The van der Waals surface area contributed by atoms with E-state index in [1.54, 1.807) is 0 Å². The Morgan fingerprint density at radius 3 is 1.82 bits per heavy atom. The summed E-state index contributed by atoms with van der Waals surface area (Å²) in [7, 11) is 0. The largest absolute Gasteiger partial charge is 0.290 e. The number of carbonyl (C=O) groups is 2. The number of nitrogens with zero attached hydrogens (tertiary/aromatic N) is 3. The van der Waals surface area contributed by atoms with Gasteiger partial charge in [-0.2, -0.15) is 0 Å². The second kappa shape index (κ2) is 9.30. The van der Waals surface area contributed by atoms with E-state index in [2.05, 4.69) is 58.3 Å². The molecule has 2 fully saturated rings. The summed E-state index contributed by atoms with van der Waals surface area (Å²) >= 11 is 0. The molecule has 3 aromatic rings. The fourth-order valence-corrected chi connectivity index (χ4v) is 5.06. The molecule has 0 aliphatic carbocycles. The van der Waals surface area contributed by atoms with Crippen molar-refractivity contribution in [2.75, 3.05) is 31.1 Å². The molecule has 3 aromatic carbocycles. The van der Waals surface area contributed by atoms with Crippen molar-refractivity contribution in [3.05, 3.63) is 102 Å². The molecule has 2 aliphatic heterocycles. The van der Waals surface area contributed by atoms with Crippen LogP contribution in [0.3, 0.4) is 0 Å². The minimum absolute atomic E-state index is 0.0972. The van der Waals surface area contributed by atoms with Gasteiger partial charge in [-0.05, 0) is 30.2 Å². The molecule has 2 saturated heterocycles. The van der Waals surface area contributed by atoms with Crippen LogP contribution in [0.15, 0.2) is 84.9 Å². The Hall–Kier alpha value is -3.28. The van der Waals surface area contributed by atoms with Crippen molar-refractivity contribution in [2.45, 2.75) is 25.4 Å². The third-order valence-corrected chi connectivity index (χ3v) is 6.80. The van der Waals surface area contributed by atoms with Crippen molar-refractivity contribution < 1.29 is 9.59 Å². The topological polar surface area (TPSA) is 43.9 Å². The quantitative estimate of drug-likeness (QED) is 0.563. The predicted octanol–water partition coefficient (Wildman–Crippen LogP) is 4.03. The summed E-state index contributed by atoms with van der Waals surface area (Å²) in [4.78, 5) is 32.0. The molecule has 168 valence electrons. The van der Waals surface area contributed by atoms with E-state index in [1.165, 1.54) is 16.0 Å². The van der Waals surface area contributed by atoms with E-state index >= 15 is 0 Å². The Morgan fingerprint density at radius 2 is 1.27 bits per heavy atom. The van der Waals surface area contributed by atoms with Gasteiger partial charge in [-0.25, -0.2) is 4.90 Å². The summed E-state index contributed by atoms with van der Waals surface area (Å²) in [5, 5.41) is 0. The first-order chi connectivity index (χ1) is 16.1. The number of carbonyl (C=O) groups excluding carboxylic acids is 2. The first-order valence-electron chi connectivity index (χ1n) is 11.6. The predicted molar refractivity (Wildman–Crippen MR) is 130 cm³/mol. The van der Waals surface area contributed by atoms with Gasteiger partial charge in [0, 0.05) is 26.2 Å². The van der Waals surface area contributed by atoms with E-state index in [4.69, 9.17) is 0 Å². The van der Waals surface area contributed by atoms with Crippen LogP contribution < -0.4 is 4.90 Å². The third-order valence-electron chi connectivity index (χ3n) is 6.80. The maximum atomic E-state index is 13.2. The van der Waals surface area contributed by atoms with Crippen LogP contribution in [0.2, 0.25) is 0 Å². The number of hydrogen-bond donors (Lipinski definition) is 0. The molecule has 5 rings (SSSR count). The van der Waals surface area contributed by atoms with Gasteiger partial charge in [0.15, 0.2) is 0 Å². The Morgan fingerprint density at radius 1 is 0.727 bits per heavy atom. The lowest BCUT2D eigenvalue weighted by atomic mass is 9.96. The Bertz CT molecular complexity index is 1070. The zero-order valence-electron chi connectivity index (χ0n) is 18.9. The van der Waals surface area contributed by atoms with Crippen LogP contribution in [0.25, 0.3) is 0 Å². The van der Waals surface area contributed by atoms with Crippen LogP contribution in [0.5, 0.6) is 0 Å². The molecule has 5 heteroatoms. The van der Waals surface area contributed by atoms with E-state index < -0.39 is 0 Å². The minimum atomic E-state index is -0.368. The normalized spacial score (nSPS) is 20.1. The number of benzene rings is 3. The van der Waals surface area contributed by atoms with Crippen LogP contribution in [-0.4, -0.2) is 53.8 Å². The van der Waals surface area contributed by atoms with Crippen LogP contribution in [0.1, 0.15) is 29.2 Å². The molecule has 2 heterocycles. The highest BCUT2D eigenvalue weighted by atomic mass is 16.2. The highest BCUT2D eigenvalue weighted by molar-refractivity contribution is 6.22. The molecule has 0 spiro atoms. The summed E-state index contributed by atoms with van der Waals surface area (Å²) in [6.07, 6.45) is 0.257. The van der Waals surface area contributed by atoms with E-state index in [0.29, 0.717) is 5.69 Å². The highest BCUT2D eigenvalue weighted by Crippen LogP contribution is 2.31. The van der Waals surface area contributed by atoms with Crippen LogP contribution in [0.4, 0.5) is 5.69 Å². The molecule has 5 nitrogen and oxygen atoms in total. The zero-order valence-corrected chi connectivity index (χ0v) is 18.9. The first-order valence-corrected chi connectivity index (χ1v) is 11.6. The molecule has 0 unspecified atom stereocenters. The summed E-state index contributed by atoms with van der Waals surface area (Å²) in [6, 6.07) is 28.6. The summed E-state index contributed by atoms with van der Waals surface area (Å²) in [5.74, 6) is -0.206. The lowest BCUT2D eigenvalue weighted by Gasteiger charge is -2.41. The van der Waals surface area contributed by atoms with Crippen LogP contribution in [-0.2, 0) is 9.59 Å². The molecule has 0 radical (unpaired) electrons. The molecule has 0 aromatic heterocycles. The van der Waals surface area contributed by atoms with Crippen molar-refractivity contribution in [3.8, 4) is 0 Å². The summed E-state index contributed by atoms with van der Waals surface area (Å²) in [6.45, 7) is 5.22. The lowest BCUT2D eigenvalue weighted by molar-refractivity contribution is -0.123. The van der Waals surface area contributed by atoms with Gasteiger partial charge in [0.05, 0.1) is 24.2 Å². The zero-order chi connectivity index (χ0) is 22.8. The number of amides is 2. The van der Waals surface area contributed by atoms with E-state index in [-0.39, 0.29) is 30.3 Å². The molecule has 2 amide bonds. The van der Waals surface area contributed by atoms with E-state index in [9.17, 15) is 9.59 Å². The van der Waals surface area contributed by atoms with Gasteiger partial charge in [-0.3, -0.25) is 19.4 Å². The monoisotopic (exact) mass is 439 g/mol. The summed E-state index contributed by atoms with van der Waals surface area (Å²) < 4.78 is 0. The second-order valence-electron chi connectivity index (χ2n) is 8.92. The number of hydrogen-bond acceptors (Lipinski definition) is 4. The molecule has 0 saturated carbocycles. The highest BCUT2D eigenvalue weighted by Gasteiger charge is 2.43. The average Bonchev–Trinajstić information content (AvgIpc) is 3.15. The molecular weight excluding hydrogens is 410 g/mol. The van der Waals surface area contributed by atoms with Gasteiger partial charge >= 0.3 is 0 Å². The van der Waals surface area contributed by atoms with Gasteiger partial charge in [0.25, 0.3) is 5.91 Å². The number of imide groups is 1. The minimum Gasteiger partial charge on any atom is -0.290 e. The molecule has 2 aliphatic rings. The molecule has 33 heavy (non-hydrogen) atoms. The van der Waals surface area contributed by atoms with Crippen molar-refractivity contribution in [3.63, 3.8) is 0 Å².